The molecule has 2 rings (SSSR count). The molecule has 0 spiro atoms. The normalized spacial score (nSPS) is 17.1. The first-order chi connectivity index (χ1) is 9.08. The molecular formula is C12H17BrN4O2. The maximum absolute atomic E-state index is 12.2. The first-order valence-electron chi connectivity index (χ1n) is 6.12. The summed E-state index contributed by atoms with van der Waals surface area (Å²) < 4.78 is 6.04. The van der Waals surface area contributed by atoms with Gasteiger partial charge in [0.1, 0.15) is 11.9 Å². The van der Waals surface area contributed by atoms with Gasteiger partial charge >= 0.3 is 0 Å². The van der Waals surface area contributed by atoms with Crippen molar-refractivity contribution in [1.29, 1.82) is 0 Å². The number of hydrogen-bond donors (Lipinski definition) is 2. The summed E-state index contributed by atoms with van der Waals surface area (Å²) in [6, 6.07) is 1.38. The van der Waals surface area contributed by atoms with E-state index in [4.69, 9.17) is 10.5 Å². The number of nitrogen functional groups attached to an aromatic ring is 1. The summed E-state index contributed by atoms with van der Waals surface area (Å²) >= 11 is 3.29. The van der Waals surface area contributed by atoms with Crippen molar-refractivity contribution in [2.24, 2.45) is 0 Å². The number of morpholine rings is 1. The number of carbonyl (C=O) groups excluding carboxylic acids is 1. The number of nitrogens with zero attached hydrogens (tertiary/aromatic N) is 2. The van der Waals surface area contributed by atoms with Crippen LogP contribution in [0, 0.1) is 0 Å². The summed E-state index contributed by atoms with van der Waals surface area (Å²) in [5, 5.41) is 3.05. The van der Waals surface area contributed by atoms with Crippen LogP contribution in [-0.2, 0) is 9.53 Å². The number of halogens is 1. The number of amides is 1. The van der Waals surface area contributed by atoms with E-state index in [2.05, 4.69) is 26.2 Å². The Balaban J connectivity index is 1.99. The zero-order valence-electron chi connectivity index (χ0n) is 10.7. The SMILES string of the molecule is CC(Nc1ncc(Br)cc1N)C(=O)N1CCOCC1. The van der Waals surface area contributed by atoms with Crippen LogP contribution in [-0.4, -0.2) is 48.1 Å². The van der Waals surface area contributed by atoms with Crippen LogP contribution >= 0.6 is 15.9 Å². The Morgan fingerprint density at radius 2 is 2.26 bits per heavy atom. The van der Waals surface area contributed by atoms with Crippen molar-refractivity contribution in [1.82, 2.24) is 9.88 Å². The number of nitrogens with one attached hydrogen (secondary N) is 1. The van der Waals surface area contributed by atoms with E-state index in [-0.39, 0.29) is 11.9 Å². The summed E-state index contributed by atoms with van der Waals surface area (Å²) in [6.07, 6.45) is 1.64. The van der Waals surface area contributed by atoms with Gasteiger partial charge in [-0.05, 0) is 28.9 Å². The molecule has 0 bridgehead atoms. The molecule has 1 aliphatic heterocycles. The Morgan fingerprint density at radius 1 is 1.58 bits per heavy atom. The highest BCUT2D eigenvalue weighted by Crippen LogP contribution is 2.20. The molecule has 0 aliphatic carbocycles. The second-order valence-corrected chi connectivity index (χ2v) is 5.31. The van der Waals surface area contributed by atoms with Crippen LogP contribution in [0.3, 0.4) is 0 Å². The van der Waals surface area contributed by atoms with Crippen molar-refractivity contribution < 1.29 is 9.53 Å². The third-order valence-corrected chi connectivity index (χ3v) is 3.36. The number of anilines is 2. The average molecular weight is 329 g/mol. The molecule has 7 heteroatoms. The van der Waals surface area contributed by atoms with E-state index in [1.54, 1.807) is 24.1 Å². The lowest BCUT2D eigenvalue weighted by atomic mass is 10.2. The molecule has 0 aromatic carbocycles. The Kier molecular flexibility index (Phi) is 4.60. The standard InChI is InChI=1S/C12H17BrN4O2/c1-8(12(18)17-2-4-19-5-3-17)16-11-10(14)6-9(13)7-15-11/h6-8H,2-5,14H2,1H3,(H,15,16). The fourth-order valence-corrected chi connectivity index (χ4v) is 2.25. The molecule has 1 aromatic heterocycles. The zero-order valence-corrected chi connectivity index (χ0v) is 12.3. The summed E-state index contributed by atoms with van der Waals surface area (Å²) in [5.74, 6) is 0.560. The second-order valence-electron chi connectivity index (χ2n) is 4.40. The van der Waals surface area contributed by atoms with Gasteiger partial charge in [-0.2, -0.15) is 0 Å². The van der Waals surface area contributed by atoms with Crippen LogP contribution in [0.2, 0.25) is 0 Å². The lowest BCUT2D eigenvalue weighted by molar-refractivity contribution is -0.135. The topological polar surface area (TPSA) is 80.5 Å². The van der Waals surface area contributed by atoms with E-state index in [1.165, 1.54) is 0 Å². The van der Waals surface area contributed by atoms with Crippen LogP contribution in [0.15, 0.2) is 16.7 Å². The molecule has 6 nitrogen and oxygen atoms in total. The monoisotopic (exact) mass is 328 g/mol. The van der Waals surface area contributed by atoms with Gasteiger partial charge in [0.2, 0.25) is 5.91 Å². The van der Waals surface area contributed by atoms with Gasteiger partial charge < -0.3 is 20.7 Å². The van der Waals surface area contributed by atoms with Gasteiger partial charge in [-0.3, -0.25) is 4.79 Å². The number of pyridine rings is 1. The molecule has 1 unspecified atom stereocenters. The van der Waals surface area contributed by atoms with E-state index in [9.17, 15) is 4.79 Å². The number of carbonyl (C=O) groups is 1. The molecule has 2 heterocycles. The van der Waals surface area contributed by atoms with Gasteiger partial charge in [0.05, 0.1) is 18.9 Å². The molecule has 3 N–H and O–H groups in total. The van der Waals surface area contributed by atoms with Gasteiger partial charge in [-0.15, -0.1) is 0 Å². The first-order valence-corrected chi connectivity index (χ1v) is 6.91. The van der Waals surface area contributed by atoms with Crippen LogP contribution in [0.4, 0.5) is 11.5 Å². The summed E-state index contributed by atoms with van der Waals surface area (Å²) in [4.78, 5) is 18.2. The molecule has 1 aromatic rings. The van der Waals surface area contributed by atoms with Gasteiger partial charge in [0.25, 0.3) is 0 Å². The van der Waals surface area contributed by atoms with E-state index in [0.29, 0.717) is 37.8 Å². The quantitative estimate of drug-likeness (QED) is 0.868. The van der Waals surface area contributed by atoms with Crippen LogP contribution in [0.5, 0.6) is 0 Å². The third kappa shape index (κ3) is 3.57. The predicted molar refractivity (Wildman–Crippen MR) is 76.8 cm³/mol. The van der Waals surface area contributed by atoms with Gasteiger partial charge in [0, 0.05) is 23.8 Å². The van der Waals surface area contributed by atoms with Gasteiger partial charge in [-0.25, -0.2) is 4.98 Å². The van der Waals surface area contributed by atoms with Crippen LogP contribution in [0.1, 0.15) is 6.92 Å². The molecule has 19 heavy (non-hydrogen) atoms. The molecule has 1 atom stereocenters. The van der Waals surface area contributed by atoms with E-state index in [1.807, 2.05) is 0 Å². The highest BCUT2D eigenvalue weighted by atomic mass is 79.9. The number of aromatic nitrogens is 1. The highest BCUT2D eigenvalue weighted by molar-refractivity contribution is 9.10. The Morgan fingerprint density at radius 3 is 2.89 bits per heavy atom. The maximum Gasteiger partial charge on any atom is 0.244 e. The molecule has 1 aliphatic rings. The van der Waals surface area contributed by atoms with Crippen molar-refractivity contribution in [3.63, 3.8) is 0 Å². The number of hydrogen-bond acceptors (Lipinski definition) is 5. The van der Waals surface area contributed by atoms with Gasteiger partial charge in [0.15, 0.2) is 0 Å². The van der Waals surface area contributed by atoms with Crippen molar-refractivity contribution in [2.75, 3.05) is 37.4 Å². The third-order valence-electron chi connectivity index (χ3n) is 2.93. The minimum atomic E-state index is -0.367. The fourth-order valence-electron chi connectivity index (χ4n) is 1.90. The molecule has 0 saturated carbocycles. The minimum absolute atomic E-state index is 0.0346. The van der Waals surface area contributed by atoms with Crippen LogP contribution in [0.25, 0.3) is 0 Å². The molecule has 1 saturated heterocycles. The Hall–Kier alpha value is -1.34. The predicted octanol–water partition coefficient (Wildman–Crippen LogP) is 1.09. The molecule has 0 radical (unpaired) electrons. The Bertz CT molecular complexity index is 463. The fraction of sp³-hybridized carbons (Fsp3) is 0.500. The van der Waals surface area contributed by atoms with Crippen LogP contribution < -0.4 is 11.1 Å². The van der Waals surface area contributed by atoms with Crippen molar-refractivity contribution in [2.45, 2.75) is 13.0 Å². The second kappa shape index (κ2) is 6.21. The van der Waals surface area contributed by atoms with Crippen molar-refractivity contribution >= 4 is 33.3 Å². The van der Waals surface area contributed by atoms with E-state index in [0.717, 1.165) is 4.47 Å². The number of ether oxygens (including phenoxy) is 1. The summed E-state index contributed by atoms with van der Waals surface area (Å²) in [5.41, 5.74) is 6.36. The minimum Gasteiger partial charge on any atom is -0.396 e. The number of nitrogens with two attached hydrogens (primary N) is 1. The summed E-state index contributed by atoms with van der Waals surface area (Å²) in [7, 11) is 0. The average Bonchev–Trinajstić information content (AvgIpc) is 2.42. The molecule has 1 fully saturated rings. The largest absolute Gasteiger partial charge is 0.396 e. The first kappa shape index (κ1) is 14.1. The summed E-state index contributed by atoms with van der Waals surface area (Å²) in [6.45, 7) is 4.26. The van der Waals surface area contributed by atoms with Crippen molar-refractivity contribution in [3.8, 4) is 0 Å². The maximum atomic E-state index is 12.2. The lowest BCUT2D eigenvalue weighted by Gasteiger charge is -2.29. The lowest BCUT2D eigenvalue weighted by Crippen LogP contribution is -2.47. The highest BCUT2D eigenvalue weighted by Gasteiger charge is 2.22. The zero-order chi connectivity index (χ0) is 13.8. The van der Waals surface area contributed by atoms with E-state index >= 15 is 0 Å². The van der Waals surface area contributed by atoms with Crippen molar-refractivity contribution in [3.05, 3.63) is 16.7 Å². The number of rotatable bonds is 3. The van der Waals surface area contributed by atoms with Gasteiger partial charge in [-0.1, -0.05) is 0 Å². The molecule has 1 amide bonds. The molecular weight excluding hydrogens is 312 g/mol. The molecule has 104 valence electrons. The van der Waals surface area contributed by atoms with E-state index < -0.39 is 0 Å². The smallest absolute Gasteiger partial charge is 0.244 e. The Labute approximate surface area is 120 Å².